The molecule has 2 rings (SSSR count). The van der Waals surface area contributed by atoms with E-state index in [0.29, 0.717) is 6.04 Å². The first-order valence-electron chi connectivity index (χ1n) is 6.41. The summed E-state index contributed by atoms with van der Waals surface area (Å²) >= 11 is 0. The third-order valence-corrected chi connectivity index (χ3v) is 3.51. The lowest BCUT2D eigenvalue weighted by molar-refractivity contribution is 0.147. The van der Waals surface area contributed by atoms with Gasteiger partial charge in [0.15, 0.2) is 0 Å². The van der Waals surface area contributed by atoms with E-state index in [4.69, 9.17) is 4.74 Å². The van der Waals surface area contributed by atoms with E-state index < -0.39 is 0 Å². The Morgan fingerprint density at radius 2 is 2.24 bits per heavy atom. The molecular formula is C14H22N2O. The van der Waals surface area contributed by atoms with Crippen molar-refractivity contribution in [3.63, 3.8) is 0 Å². The number of methoxy groups -OCH3 is 1. The highest BCUT2D eigenvalue weighted by molar-refractivity contribution is 5.33. The number of hydrogen-bond donors (Lipinski definition) is 1. The lowest BCUT2D eigenvalue weighted by Crippen LogP contribution is -2.50. The normalized spacial score (nSPS) is 21.4. The molecule has 3 nitrogen and oxygen atoms in total. The van der Waals surface area contributed by atoms with Crippen LogP contribution in [0, 0.1) is 0 Å². The van der Waals surface area contributed by atoms with Crippen molar-refractivity contribution in [2.75, 3.05) is 26.7 Å². The van der Waals surface area contributed by atoms with Crippen molar-refractivity contribution in [2.45, 2.75) is 25.9 Å². The average molecular weight is 234 g/mol. The smallest absolute Gasteiger partial charge is 0.123 e. The number of nitrogens with zero attached hydrogens (tertiary/aromatic N) is 1. The Labute approximate surface area is 104 Å². The molecule has 0 aliphatic carbocycles. The predicted molar refractivity (Wildman–Crippen MR) is 70.4 cm³/mol. The summed E-state index contributed by atoms with van der Waals surface area (Å²) in [5.41, 5.74) is 1.29. The van der Waals surface area contributed by atoms with Gasteiger partial charge < -0.3 is 10.1 Å². The standard InChI is InChI=1S/C14H22N2O/c1-3-13-10-15-8-9-16(13)11-12-6-4-5-7-14(12)17-2/h4-7,13,15H,3,8-11H2,1-2H3. The lowest BCUT2D eigenvalue weighted by atomic mass is 10.1. The Morgan fingerprint density at radius 3 is 3.00 bits per heavy atom. The van der Waals surface area contributed by atoms with Crippen LogP contribution in [0.25, 0.3) is 0 Å². The molecule has 1 atom stereocenters. The van der Waals surface area contributed by atoms with Crippen molar-refractivity contribution in [2.24, 2.45) is 0 Å². The fourth-order valence-electron chi connectivity index (χ4n) is 2.47. The highest BCUT2D eigenvalue weighted by Crippen LogP contribution is 2.21. The van der Waals surface area contributed by atoms with Crippen molar-refractivity contribution in [1.29, 1.82) is 0 Å². The first-order valence-corrected chi connectivity index (χ1v) is 6.41. The third kappa shape index (κ3) is 2.99. The third-order valence-electron chi connectivity index (χ3n) is 3.51. The Hall–Kier alpha value is -1.06. The molecule has 94 valence electrons. The van der Waals surface area contributed by atoms with Crippen LogP contribution >= 0.6 is 0 Å². The van der Waals surface area contributed by atoms with E-state index in [0.717, 1.165) is 31.9 Å². The van der Waals surface area contributed by atoms with Crippen LogP contribution in [0.3, 0.4) is 0 Å². The monoisotopic (exact) mass is 234 g/mol. The van der Waals surface area contributed by atoms with Gasteiger partial charge in [0, 0.05) is 37.8 Å². The van der Waals surface area contributed by atoms with Crippen LogP contribution < -0.4 is 10.1 Å². The Morgan fingerprint density at radius 1 is 1.41 bits per heavy atom. The van der Waals surface area contributed by atoms with E-state index in [-0.39, 0.29) is 0 Å². The molecule has 3 heteroatoms. The molecular weight excluding hydrogens is 212 g/mol. The number of piperazine rings is 1. The second-order valence-corrected chi connectivity index (χ2v) is 4.55. The van der Waals surface area contributed by atoms with E-state index in [1.165, 1.54) is 12.0 Å². The van der Waals surface area contributed by atoms with Gasteiger partial charge in [0.05, 0.1) is 7.11 Å². The maximum absolute atomic E-state index is 5.41. The van der Waals surface area contributed by atoms with Gasteiger partial charge in [-0.1, -0.05) is 25.1 Å². The predicted octanol–water partition coefficient (Wildman–Crippen LogP) is 1.88. The van der Waals surface area contributed by atoms with Crippen molar-refractivity contribution >= 4 is 0 Å². The van der Waals surface area contributed by atoms with Crippen LogP contribution in [-0.4, -0.2) is 37.7 Å². The summed E-state index contributed by atoms with van der Waals surface area (Å²) in [5.74, 6) is 1.00. The van der Waals surface area contributed by atoms with E-state index >= 15 is 0 Å². The average Bonchev–Trinajstić information content (AvgIpc) is 2.40. The van der Waals surface area contributed by atoms with Crippen molar-refractivity contribution in [3.8, 4) is 5.75 Å². The molecule has 1 heterocycles. The molecule has 1 unspecified atom stereocenters. The molecule has 1 aromatic carbocycles. The highest BCUT2D eigenvalue weighted by atomic mass is 16.5. The Kier molecular flexibility index (Phi) is 4.40. The van der Waals surface area contributed by atoms with Gasteiger partial charge in [-0.2, -0.15) is 0 Å². The van der Waals surface area contributed by atoms with Crippen molar-refractivity contribution in [3.05, 3.63) is 29.8 Å². The number of para-hydroxylation sites is 1. The maximum Gasteiger partial charge on any atom is 0.123 e. The van der Waals surface area contributed by atoms with Crippen LogP contribution in [0.1, 0.15) is 18.9 Å². The van der Waals surface area contributed by atoms with Crippen LogP contribution in [0.2, 0.25) is 0 Å². The van der Waals surface area contributed by atoms with Gasteiger partial charge in [-0.3, -0.25) is 4.90 Å². The second kappa shape index (κ2) is 6.03. The van der Waals surface area contributed by atoms with Gasteiger partial charge in [-0.05, 0) is 12.5 Å². The zero-order valence-corrected chi connectivity index (χ0v) is 10.8. The number of ether oxygens (including phenoxy) is 1. The zero-order chi connectivity index (χ0) is 12.1. The van der Waals surface area contributed by atoms with Gasteiger partial charge >= 0.3 is 0 Å². The molecule has 0 spiro atoms. The van der Waals surface area contributed by atoms with Crippen LogP contribution in [-0.2, 0) is 6.54 Å². The van der Waals surface area contributed by atoms with Crippen LogP contribution in [0.5, 0.6) is 5.75 Å². The summed E-state index contributed by atoms with van der Waals surface area (Å²) in [6.07, 6.45) is 1.20. The zero-order valence-electron chi connectivity index (χ0n) is 10.8. The number of rotatable bonds is 4. The van der Waals surface area contributed by atoms with E-state index in [2.05, 4.69) is 29.3 Å². The molecule has 1 fully saturated rings. The minimum atomic E-state index is 0.647. The van der Waals surface area contributed by atoms with Crippen molar-refractivity contribution in [1.82, 2.24) is 10.2 Å². The first-order chi connectivity index (χ1) is 8.35. The lowest BCUT2D eigenvalue weighted by Gasteiger charge is -2.35. The van der Waals surface area contributed by atoms with Gasteiger partial charge in [-0.25, -0.2) is 0 Å². The SMILES string of the molecule is CCC1CNCCN1Cc1ccccc1OC. The quantitative estimate of drug-likeness (QED) is 0.861. The molecule has 0 radical (unpaired) electrons. The molecule has 0 bridgehead atoms. The molecule has 17 heavy (non-hydrogen) atoms. The molecule has 1 saturated heterocycles. The fraction of sp³-hybridized carbons (Fsp3) is 0.571. The summed E-state index contributed by atoms with van der Waals surface area (Å²) < 4.78 is 5.41. The van der Waals surface area contributed by atoms with Crippen LogP contribution in [0.4, 0.5) is 0 Å². The molecule has 1 aliphatic rings. The Bertz CT molecular complexity index is 354. The number of benzene rings is 1. The van der Waals surface area contributed by atoms with Crippen molar-refractivity contribution < 1.29 is 4.74 Å². The molecule has 1 aliphatic heterocycles. The topological polar surface area (TPSA) is 24.5 Å². The largest absolute Gasteiger partial charge is 0.496 e. The molecule has 0 aromatic heterocycles. The summed E-state index contributed by atoms with van der Waals surface area (Å²) in [5, 5.41) is 3.46. The molecule has 0 saturated carbocycles. The van der Waals surface area contributed by atoms with E-state index in [9.17, 15) is 0 Å². The minimum absolute atomic E-state index is 0.647. The van der Waals surface area contributed by atoms with Gasteiger partial charge in [0.25, 0.3) is 0 Å². The van der Waals surface area contributed by atoms with E-state index in [1.54, 1.807) is 7.11 Å². The summed E-state index contributed by atoms with van der Waals surface area (Å²) in [7, 11) is 1.74. The van der Waals surface area contributed by atoms with Gasteiger partial charge in [-0.15, -0.1) is 0 Å². The fourth-order valence-corrected chi connectivity index (χ4v) is 2.47. The minimum Gasteiger partial charge on any atom is -0.496 e. The molecule has 0 amide bonds. The molecule has 1 aromatic rings. The number of nitrogens with one attached hydrogen (secondary N) is 1. The second-order valence-electron chi connectivity index (χ2n) is 4.55. The first kappa shape index (κ1) is 12.4. The Balaban J connectivity index is 2.08. The summed E-state index contributed by atoms with van der Waals surface area (Å²) in [4.78, 5) is 2.55. The van der Waals surface area contributed by atoms with Gasteiger partial charge in [0.2, 0.25) is 0 Å². The maximum atomic E-state index is 5.41. The molecule has 1 N–H and O–H groups in total. The van der Waals surface area contributed by atoms with Crippen LogP contribution in [0.15, 0.2) is 24.3 Å². The highest BCUT2D eigenvalue weighted by Gasteiger charge is 2.21. The van der Waals surface area contributed by atoms with Gasteiger partial charge in [0.1, 0.15) is 5.75 Å². The summed E-state index contributed by atoms with van der Waals surface area (Å²) in [6, 6.07) is 8.96. The summed E-state index contributed by atoms with van der Waals surface area (Å²) in [6.45, 7) is 6.56. The van der Waals surface area contributed by atoms with E-state index in [1.807, 2.05) is 12.1 Å². The number of hydrogen-bond acceptors (Lipinski definition) is 3.